The van der Waals surface area contributed by atoms with E-state index in [0.717, 1.165) is 21.7 Å². The lowest BCUT2D eigenvalue weighted by Crippen LogP contribution is -2.32. The lowest BCUT2D eigenvalue weighted by Gasteiger charge is -2.17. The molecule has 22 heavy (non-hydrogen) atoms. The molecule has 0 bridgehead atoms. The quantitative estimate of drug-likeness (QED) is 0.693. The molecule has 0 spiro atoms. The molecule has 2 aromatic heterocycles. The molecule has 3 rings (SSSR count). The SMILES string of the molecule is Cc1ccccc1NC(=O)N[C@@H](c1ccsc1)c1cccs1. The van der Waals surface area contributed by atoms with Crippen LogP contribution in [0.5, 0.6) is 0 Å². The molecule has 0 saturated heterocycles. The Labute approximate surface area is 137 Å². The summed E-state index contributed by atoms with van der Waals surface area (Å²) in [4.78, 5) is 13.5. The Morgan fingerprint density at radius 3 is 2.64 bits per heavy atom. The van der Waals surface area contributed by atoms with Gasteiger partial charge in [0.05, 0.1) is 6.04 Å². The van der Waals surface area contributed by atoms with Crippen molar-refractivity contribution in [2.45, 2.75) is 13.0 Å². The van der Waals surface area contributed by atoms with E-state index in [1.54, 1.807) is 22.7 Å². The third-order valence-electron chi connectivity index (χ3n) is 3.37. The highest BCUT2D eigenvalue weighted by atomic mass is 32.1. The normalized spacial score (nSPS) is 11.9. The summed E-state index contributed by atoms with van der Waals surface area (Å²) in [6, 6.07) is 13.5. The van der Waals surface area contributed by atoms with E-state index in [1.165, 1.54) is 0 Å². The molecular weight excluding hydrogens is 312 g/mol. The molecule has 0 aliphatic heterocycles. The fourth-order valence-corrected chi connectivity index (χ4v) is 3.70. The third-order valence-corrected chi connectivity index (χ3v) is 5.01. The molecule has 0 fully saturated rings. The van der Waals surface area contributed by atoms with Gasteiger partial charge in [0.15, 0.2) is 0 Å². The molecule has 0 aliphatic rings. The van der Waals surface area contributed by atoms with E-state index in [0.29, 0.717) is 0 Å². The summed E-state index contributed by atoms with van der Waals surface area (Å²) in [6.45, 7) is 1.98. The minimum atomic E-state index is -0.195. The van der Waals surface area contributed by atoms with Crippen molar-refractivity contribution in [1.82, 2.24) is 5.32 Å². The number of aryl methyl sites for hydroxylation is 1. The summed E-state index contributed by atoms with van der Waals surface area (Å²) in [5.41, 5.74) is 2.98. The molecule has 3 nitrogen and oxygen atoms in total. The summed E-state index contributed by atoms with van der Waals surface area (Å²) in [6.07, 6.45) is 0. The summed E-state index contributed by atoms with van der Waals surface area (Å²) in [5, 5.41) is 12.1. The van der Waals surface area contributed by atoms with Crippen molar-refractivity contribution in [2.24, 2.45) is 0 Å². The van der Waals surface area contributed by atoms with Crippen LogP contribution in [-0.2, 0) is 0 Å². The third kappa shape index (κ3) is 3.37. The number of hydrogen-bond acceptors (Lipinski definition) is 3. The second-order valence-electron chi connectivity index (χ2n) is 4.92. The Hall–Kier alpha value is -2.11. The maximum Gasteiger partial charge on any atom is 0.320 e. The van der Waals surface area contributed by atoms with Crippen molar-refractivity contribution in [1.29, 1.82) is 0 Å². The highest BCUT2D eigenvalue weighted by molar-refractivity contribution is 7.10. The minimum Gasteiger partial charge on any atom is -0.326 e. The Balaban J connectivity index is 1.77. The van der Waals surface area contributed by atoms with Gasteiger partial charge in [-0.3, -0.25) is 0 Å². The number of thiophene rings is 2. The fraction of sp³-hybridized carbons (Fsp3) is 0.118. The first-order valence-corrected chi connectivity index (χ1v) is 8.75. The van der Waals surface area contributed by atoms with Gasteiger partial charge in [0, 0.05) is 10.6 Å². The van der Waals surface area contributed by atoms with Gasteiger partial charge in [0.2, 0.25) is 0 Å². The van der Waals surface area contributed by atoms with E-state index in [4.69, 9.17) is 0 Å². The zero-order chi connectivity index (χ0) is 15.4. The number of hydrogen-bond donors (Lipinski definition) is 2. The number of carbonyl (C=O) groups is 1. The second kappa shape index (κ2) is 6.77. The second-order valence-corrected chi connectivity index (χ2v) is 6.68. The van der Waals surface area contributed by atoms with Crippen molar-refractivity contribution in [3.8, 4) is 0 Å². The van der Waals surface area contributed by atoms with Gasteiger partial charge in [-0.05, 0) is 52.4 Å². The molecule has 3 aromatic rings. The van der Waals surface area contributed by atoms with Crippen LogP contribution in [0.3, 0.4) is 0 Å². The maximum atomic E-state index is 12.4. The number of benzene rings is 1. The Morgan fingerprint density at radius 1 is 1.09 bits per heavy atom. The highest BCUT2D eigenvalue weighted by Gasteiger charge is 2.18. The topological polar surface area (TPSA) is 41.1 Å². The molecule has 0 aliphatic carbocycles. The van der Waals surface area contributed by atoms with Gasteiger partial charge in [-0.15, -0.1) is 11.3 Å². The summed E-state index contributed by atoms with van der Waals surface area (Å²) < 4.78 is 0. The van der Waals surface area contributed by atoms with Gasteiger partial charge < -0.3 is 10.6 Å². The average Bonchev–Trinajstić information content (AvgIpc) is 3.21. The van der Waals surface area contributed by atoms with Crippen LogP contribution in [0.15, 0.2) is 58.6 Å². The molecule has 2 N–H and O–H groups in total. The zero-order valence-electron chi connectivity index (χ0n) is 12.1. The number of urea groups is 1. The predicted molar refractivity (Wildman–Crippen MR) is 93.8 cm³/mol. The Kier molecular flexibility index (Phi) is 4.56. The smallest absolute Gasteiger partial charge is 0.320 e. The molecule has 0 saturated carbocycles. The number of anilines is 1. The van der Waals surface area contributed by atoms with Gasteiger partial charge in [0.1, 0.15) is 0 Å². The van der Waals surface area contributed by atoms with E-state index in [2.05, 4.69) is 16.0 Å². The molecule has 2 amide bonds. The summed E-state index contributed by atoms with van der Waals surface area (Å²) >= 11 is 3.27. The van der Waals surface area contributed by atoms with Crippen molar-refractivity contribution in [3.63, 3.8) is 0 Å². The standard InChI is InChI=1S/C17H16N2OS2/c1-12-5-2-3-6-14(12)18-17(20)19-16(13-8-10-21-11-13)15-7-4-9-22-15/h2-11,16H,1H3,(H2,18,19,20)/t16-/m0/s1. The molecule has 112 valence electrons. The molecule has 1 atom stereocenters. The number of nitrogens with one attached hydrogen (secondary N) is 2. The lowest BCUT2D eigenvalue weighted by atomic mass is 10.1. The first kappa shape index (κ1) is 14.8. The van der Waals surface area contributed by atoms with E-state index in [-0.39, 0.29) is 12.1 Å². The van der Waals surface area contributed by atoms with Crippen LogP contribution < -0.4 is 10.6 Å². The molecule has 1 aromatic carbocycles. The van der Waals surface area contributed by atoms with Crippen molar-refractivity contribution in [2.75, 3.05) is 5.32 Å². The summed E-state index contributed by atoms with van der Waals surface area (Å²) in [7, 11) is 0. The predicted octanol–water partition coefficient (Wildman–Crippen LogP) is 5.03. The number of carbonyl (C=O) groups excluding carboxylic acids is 1. The number of amides is 2. The van der Waals surface area contributed by atoms with Gasteiger partial charge in [-0.1, -0.05) is 24.3 Å². The lowest BCUT2D eigenvalue weighted by molar-refractivity contribution is 0.250. The fourth-order valence-electron chi connectivity index (χ4n) is 2.22. The van der Waals surface area contributed by atoms with Gasteiger partial charge in [0.25, 0.3) is 0 Å². The van der Waals surface area contributed by atoms with Crippen LogP contribution in [-0.4, -0.2) is 6.03 Å². The van der Waals surface area contributed by atoms with Crippen LogP contribution in [0.2, 0.25) is 0 Å². The highest BCUT2D eigenvalue weighted by Crippen LogP contribution is 2.27. The molecular formula is C17H16N2OS2. The van der Waals surface area contributed by atoms with Crippen LogP contribution in [0.4, 0.5) is 10.5 Å². The largest absolute Gasteiger partial charge is 0.326 e. The molecule has 2 heterocycles. The van der Waals surface area contributed by atoms with Crippen LogP contribution in [0, 0.1) is 6.92 Å². The first-order valence-electron chi connectivity index (χ1n) is 6.92. The van der Waals surface area contributed by atoms with E-state index in [1.807, 2.05) is 60.1 Å². The first-order chi connectivity index (χ1) is 10.7. The van der Waals surface area contributed by atoms with Crippen LogP contribution in [0.1, 0.15) is 22.0 Å². The monoisotopic (exact) mass is 328 g/mol. The minimum absolute atomic E-state index is 0.115. The van der Waals surface area contributed by atoms with E-state index in [9.17, 15) is 4.79 Å². The number of rotatable bonds is 4. The van der Waals surface area contributed by atoms with Gasteiger partial charge in [-0.25, -0.2) is 4.79 Å². The van der Waals surface area contributed by atoms with E-state index < -0.39 is 0 Å². The maximum absolute atomic E-state index is 12.4. The molecule has 0 radical (unpaired) electrons. The van der Waals surface area contributed by atoms with Crippen LogP contribution >= 0.6 is 22.7 Å². The number of para-hydroxylation sites is 1. The Morgan fingerprint density at radius 2 is 1.95 bits per heavy atom. The Bertz CT molecular complexity index is 702. The van der Waals surface area contributed by atoms with Crippen molar-refractivity contribution < 1.29 is 4.79 Å². The molecule has 5 heteroatoms. The average molecular weight is 328 g/mol. The molecule has 0 unspecified atom stereocenters. The van der Waals surface area contributed by atoms with Crippen LogP contribution in [0.25, 0.3) is 0 Å². The van der Waals surface area contributed by atoms with Crippen molar-refractivity contribution >= 4 is 34.4 Å². The van der Waals surface area contributed by atoms with Gasteiger partial charge in [-0.2, -0.15) is 11.3 Å². The zero-order valence-corrected chi connectivity index (χ0v) is 13.7. The van der Waals surface area contributed by atoms with E-state index >= 15 is 0 Å². The summed E-state index contributed by atoms with van der Waals surface area (Å²) in [5.74, 6) is 0. The van der Waals surface area contributed by atoms with Crippen molar-refractivity contribution in [3.05, 3.63) is 74.6 Å². The van der Waals surface area contributed by atoms with Gasteiger partial charge >= 0.3 is 6.03 Å².